The molecule has 2 aliphatic rings. The number of hydrogen-bond donors (Lipinski definition) is 4. The van der Waals surface area contributed by atoms with E-state index in [1.807, 2.05) is 0 Å². The van der Waals surface area contributed by atoms with E-state index in [4.69, 9.17) is 42.3 Å². The fraction of sp³-hybridized carbons (Fsp3) is 0.474. The van der Waals surface area contributed by atoms with Crippen LogP contribution in [0.3, 0.4) is 0 Å². The second-order valence-electron chi connectivity index (χ2n) is 8.73. The van der Waals surface area contributed by atoms with E-state index in [9.17, 15) is 14.1 Å². The van der Waals surface area contributed by atoms with E-state index in [-0.39, 0.29) is 0 Å². The van der Waals surface area contributed by atoms with E-state index in [1.165, 1.54) is 6.20 Å². The molecule has 2 aromatic rings. The highest BCUT2D eigenvalue weighted by molar-refractivity contribution is 7.85. The minimum Gasteiger partial charge on any atom is -0.383 e. The molecule has 1 unspecified atom stereocenters. The Kier molecular flexibility index (Phi) is 6.79. The third-order valence-corrected chi connectivity index (χ3v) is 7.84. The van der Waals surface area contributed by atoms with Crippen LogP contribution in [0.5, 0.6) is 0 Å². The molecule has 1 heterocycles. The number of aryl methyl sites for hydroxylation is 2. The van der Waals surface area contributed by atoms with E-state index >= 15 is 0 Å². The van der Waals surface area contributed by atoms with Crippen LogP contribution in [-0.4, -0.2) is 51.7 Å². The minimum atomic E-state index is -1.50. The molecule has 160 valence electrons. The quantitative estimate of drug-likeness (QED) is 0.493. The number of nitrogens with one attached hydrogen (secondary N) is 1. The molecule has 0 bridgehead atoms. The lowest BCUT2D eigenvalue weighted by Crippen LogP contribution is -2.31. The molecular weight excluding hydrogens is 440 g/mol. The zero-order valence-corrected chi connectivity index (χ0v) is 19.6. The molecule has 6 N–H and O–H groups in total. The topological polar surface area (TPSA) is 131 Å². The fourth-order valence-corrected chi connectivity index (χ4v) is 5.45. The Labute approximate surface area is 199 Å². The number of rotatable bonds is 3. The summed E-state index contributed by atoms with van der Waals surface area (Å²) < 4.78 is 11.2. The van der Waals surface area contributed by atoms with Crippen molar-refractivity contribution in [2.75, 3.05) is 5.32 Å². The molecule has 0 saturated heterocycles. The number of carbonyl (C=O) groups excluding carboxylic acids is 1. The van der Waals surface area contributed by atoms with Gasteiger partial charge in [-0.15, -0.1) is 11.3 Å². The summed E-state index contributed by atoms with van der Waals surface area (Å²) in [5.74, 6) is 0. The molecule has 0 fully saturated rings. The fourth-order valence-electron chi connectivity index (χ4n) is 4.07. The van der Waals surface area contributed by atoms with Gasteiger partial charge in [-0.2, -0.15) is 0 Å². The number of amides is 2. The molecule has 1 atom stereocenters. The summed E-state index contributed by atoms with van der Waals surface area (Å²) in [4.78, 5) is 15.2. The third-order valence-electron chi connectivity index (χ3n) is 5.49. The molecule has 1 aromatic heterocycles. The van der Waals surface area contributed by atoms with Gasteiger partial charge in [-0.3, -0.25) is 0 Å². The van der Waals surface area contributed by atoms with Gasteiger partial charge >= 0.3 is 6.03 Å². The molecule has 1 aromatic carbocycles. The smallest absolute Gasteiger partial charge is 0.316 e. The third kappa shape index (κ3) is 5.00. The van der Waals surface area contributed by atoms with Crippen molar-refractivity contribution in [3.8, 4) is 0 Å². The minimum absolute atomic E-state index is 0.479. The Morgan fingerprint density at radius 3 is 2.03 bits per heavy atom. The zero-order chi connectivity index (χ0) is 24.1. The lowest BCUT2D eigenvalue weighted by Gasteiger charge is -2.30. The van der Waals surface area contributed by atoms with Crippen LogP contribution >= 0.6 is 11.3 Å². The molecule has 7 nitrogen and oxygen atoms in total. The molecule has 13 heteroatoms. The summed E-state index contributed by atoms with van der Waals surface area (Å²) in [5, 5.41) is 15.8. The molecule has 0 saturated carbocycles. The Morgan fingerprint density at radius 1 is 1.19 bits per heavy atom. The number of aromatic nitrogens is 1. The predicted octanol–water partition coefficient (Wildman–Crippen LogP) is 0.401. The van der Waals surface area contributed by atoms with E-state index in [2.05, 4.69) is 16.4 Å². The average Bonchev–Trinajstić information content (AvgIpc) is 3.32. The molecule has 2 aliphatic carbocycles. The lowest BCUT2D eigenvalue weighted by atomic mass is 9.48. The summed E-state index contributed by atoms with van der Waals surface area (Å²) in [7, 11) is 23.1. The second-order valence-corrected chi connectivity index (χ2v) is 11.1. The molecular formula is C19H22B4N4O3S2. The van der Waals surface area contributed by atoms with Gasteiger partial charge in [0.2, 0.25) is 0 Å². The Balaban J connectivity index is 0.000000207. The van der Waals surface area contributed by atoms with Crippen LogP contribution in [0.25, 0.3) is 0 Å². The number of thiazole rings is 1. The number of fused-ring (bicyclic) bond motifs is 2. The van der Waals surface area contributed by atoms with Crippen LogP contribution in [0.1, 0.15) is 54.0 Å². The van der Waals surface area contributed by atoms with Crippen molar-refractivity contribution in [2.45, 2.75) is 59.8 Å². The van der Waals surface area contributed by atoms with E-state index in [1.54, 1.807) is 13.8 Å². The number of aliphatic hydroxyl groups is 1. The number of nitrogens with two attached hydrogens (primary N) is 2. The molecule has 0 aliphatic heterocycles. The summed E-state index contributed by atoms with van der Waals surface area (Å²) in [6.07, 6.45) is 4.19. The summed E-state index contributed by atoms with van der Waals surface area (Å²) in [6, 6.07) is 1.38. The maximum absolute atomic E-state index is 11.3. The van der Waals surface area contributed by atoms with Gasteiger partial charge in [0.15, 0.2) is 0 Å². The number of nitrogens with zero attached hydrogens (tertiary/aromatic N) is 1. The maximum Gasteiger partial charge on any atom is 0.316 e. The van der Waals surface area contributed by atoms with Crippen molar-refractivity contribution in [3.63, 3.8) is 0 Å². The van der Waals surface area contributed by atoms with Gasteiger partial charge in [-0.25, -0.2) is 19.1 Å². The van der Waals surface area contributed by atoms with Gasteiger partial charge in [0.25, 0.3) is 0 Å². The number of benzene rings is 1. The van der Waals surface area contributed by atoms with Crippen LogP contribution in [0, 0.1) is 0 Å². The van der Waals surface area contributed by atoms with Gasteiger partial charge in [-0.1, -0.05) is 29.3 Å². The van der Waals surface area contributed by atoms with Gasteiger partial charge in [0.1, 0.15) is 25.8 Å². The van der Waals surface area contributed by atoms with E-state index in [0.717, 1.165) is 35.3 Å². The SMILES string of the molecule is CC(C)(O)c1ncc(S(N)=O)s1.[B]C1([B])CCc2cc3c(c(NC(N)=O)c21)C([B])([B])CC3. The predicted molar refractivity (Wildman–Crippen MR) is 131 cm³/mol. The molecule has 0 spiro atoms. The van der Waals surface area contributed by atoms with Gasteiger partial charge in [0, 0.05) is 5.69 Å². The largest absolute Gasteiger partial charge is 0.383 e. The standard InChI is InChI=1S/C13H12B4N2O.C6H10N2O2S2/c14-12(15)3-1-6-5-7-2-4-13(16,17)9(7)10(8(6)12)19-11(18)20;1-6(2,9)5-8-3-4(11-5)12(7)10/h5H,1-4H2,(H3,18,19,20);3,9H,7H2,1-2H3. The highest BCUT2D eigenvalue weighted by atomic mass is 32.2. The van der Waals surface area contributed by atoms with E-state index in [0.29, 0.717) is 38.9 Å². The normalized spacial score (nSPS) is 18.8. The Hall–Kier alpha value is -1.55. The molecule has 2 amide bonds. The van der Waals surface area contributed by atoms with Crippen molar-refractivity contribution in [1.29, 1.82) is 0 Å². The van der Waals surface area contributed by atoms with Crippen molar-refractivity contribution < 1.29 is 14.1 Å². The highest BCUT2D eigenvalue weighted by Gasteiger charge is 2.39. The van der Waals surface area contributed by atoms with Gasteiger partial charge in [0.05, 0.1) is 37.6 Å². The van der Waals surface area contributed by atoms with Crippen molar-refractivity contribution in [2.24, 2.45) is 10.9 Å². The molecule has 8 radical (unpaired) electrons. The summed E-state index contributed by atoms with van der Waals surface area (Å²) in [6.45, 7) is 3.24. The number of anilines is 1. The number of urea groups is 1. The second kappa shape index (κ2) is 8.66. The number of carbonyl (C=O) groups is 1. The van der Waals surface area contributed by atoms with Crippen LogP contribution in [0.15, 0.2) is 16.5 Å². The first-order valence-electron chi connectivity index (χ1n) is 9.90. The van der Waals surface area contributed by atoms with E-state index < -0.39 is 33.0 Å². The van der Waals surface area contributed by atoms with Crippen molar-refractivity contribution >= 4 is 65.4 Å². The molecule has 32 heavy (non-hydrogen) atoms. The van der Waals surface area contributed by atoms with Crippen LogP contribution < -0.4 is 16.2 Å². The average molecular weight is 462 g/mol. The van der Waals surface area contributed by atoms with Crippen LogP contribution in [-0.2, 0) is 39.9 Å². The maximum atomic E-state index is 11.3. The van der Waals surface area contributed by atoms with Crippen LogP contribution in [0.2, 0.25) is 0 Å². The van der Waals surface area contributed by atoms with Gasteiger partial charge < -0.3 is 16.2 Å². The zero-order valence-electron chi connectivity index (χ0n) is 18.0. The van der Waals surface area contributed by atoms with Crippen LogP contribution in [0.4, 0.5) is 10.5 Å². The first kappa shape index (κ1) is 25.1. The van der Waals surface area contributed by atoms with Crippen molar-refractivity contribution in [3.05, 3.63) is 39.5 Å². The lowest BCUT2D eigenvalue weighted by molar-refractivity contribution is 0.0783. The first-order chi connectivity index (χ1) is 14.6. The Bertz CT molecular complexity index is 1040. The summed E-state index contributed by atoms with van der Waals surface area (Å²) >= 11 is 1.16. The molecule has 4 rings (SSSR count). The number of primary amides is 1. The highest BCUT2D eigenvalue weighted by Crippen LogP contribution is 2.48. The van der Waals surface area contributed by atoms with Crippen molar-refractivity contribution in [1.82, 2.24) is 4.98 Å². The first-order valence-corrected chi connectivity index (χ1v) is 11.9. The number of hydrogen-bond acceptors (Lipinski definition) is 5. The Morgan fingerprint density at radius 2 is 1.69 bits per heavy atom. The monoisotopic (exact) mass is 462 g/mol. The summed E-state index contributed by atoms with van der Waals surface area (Å²) in [5.41, 5.74) is 8.29. The van der Waals surface area contributed by atoms with Gasteiger partial charge in [-0.05, 0) is 48.9 Å².